The van der Waals surface area contributed by atoms with Crippen LogP contribution in [0.2, 0.25) is 0 Å². The van der Waals surface area contributed by atoms with Crippen molar-refractivity contribution in [3.05, 3.63) is 29.6 Å². The number of nitrogens with zero attached hydrogens (tertiary/aromatic N) is 1. The Bertz CT molecular complexity index is 470. The Morgan fingerprint density at radius 2 is 2.05 bits per heavy atom. The van der Waals surface area contributed by atoms with E-state index in [4.69, 9.17) is 5.26 Å². The molecule has 2 atom stereocenters. The van der Waals surface area contributed by atoms with E-state index in [0.29, 0.717) is 23.1 Å². The third kappa shape index (κ3) is 3.45. The molecule has 2 rings (SSSR count). The van der Waals surface area contributed by atoms with Crippen molar-refractivity contribution in [1.82, 2.24) is 0 Å². The van der Waals surface area contributed by atoms with Crippen molar-refractivity contribution in [3.8, 4) is 6.07 Å². The van der Waals surface area contributed by atoms with Crippen LogP contribution in [0.1, 0.15) is 31.2 Å². The first-order valence-electron chi connectivity index (χ1n) is 6.79. The molecule has 0 radical (unpaired) electrons. The van der Waals surface area contributed by atoms with Gasteiger partial charge in [0.1, 0.15) is 11.9 Å². The van der Waals surface area contributed by atoms with E-state index in [0.717, 1.165) is 19.4 Å². The molecule has 1 aliphatic rings. The second kappa shape index (κ2) is 6.53. The van der Waals surface area contributed by atoms with Crippen LogP contribution in [0.15, 0.2) is 18.2 Å². The first-order valence-corrected chi connectivity index (χ1v) is 6.79. The summed E-state index contributed by atoms with van der Waals surface area (Å²) in [5.41, 5.74) is 1.00. The van der Waals surface area contributed by atoms with Gasteiger partial charge in [-0.1, -0.05) is 12.8 Å². The third-order valence-electron chi connectivity index (χ3n) is 3.96. The lowest BCUT2D eigenvalue weighted by atomic mass is 9.79. The maximum absolute atomic E-state index is 13.0. The summed E-state index contributed by atoms with van der Waals surface area (Å²) in [4.78, 5) is 0. The highest BCUT2D eigenvalue weighted by atomic mass is 19.1. The van der Waals surface area contributed by atoms with Crippen LogP contribution in [0.5, 0.6) is 0 Å². The summed E-state index contributed by atoms with van der Waals surface area (Å²) in [7, 11) is 0. The van der Waals surface area contributed by atoms with Crippen LogP contribution in [-0.4, -0.2) is 18.3 Å². The highest BCUT2D eigenvalue weighted by Crippen LogP contribution is 2.30. The lowest BCUT2D eigenvalue weighted by molar-refractivity contribution is 0.141. The van der Waals surface area contributed by atoms with Gasteiger partial charge in [-0.05, 0) is 42.9 Å². The van der Waals surface area contributed by atoms with E-state index in [9.17, 15) is 9.50 Å². The first-order chi connectivity index (χ1) is 9.24. The number of rotatable bonds is 4. The number of hydrogen-bond donors (Lipinski definition) is 2. The molecular weight excluding hydrogens is 243 g/mol. The van der Waals surface area contributed by atoms with Crippen LogP contribution < -0.4 is 5.32 Å². The molecule has 1 saturated carbocycles. The molecule has 0 saturated heterocycles. The van der Waals surface area contributed by atoms with E-state index in [1.165, 1.54) is 25.0 Å². The monoisotopic (exact) mass is 262 g/mol. The standard InChI is InChI=1S/C15H19FN2O/c16-14-5-6-15(13(7-14)8-17)18-9-11-3-1-2-4-12(11)10-19/h5-7,11-12,18-19H,1-4,9-10H2. The Kier molecular flexibility index (Phi) is 4.75. The number of halogens is 1. The number of hydrogen-bond acceptors (Lipinski definition) is 3. The number of nitriles is 1. The lowest BCUT2D eigenvalue weighted by Crippen LogP contribution is -2.28. The molecule has 2 unspecified atom stereocenters. The molecule has 3 nitrogen and oxygen atoms in total. The van der Waals surface area contributed by atoms with Gasteiger partial charge >= 0.3 is 0 Å². The zero-order valence-electron chi connectivity index (χ0n) is 10.9. The summed E-state index contributed by atoms with van der Waals surface area (Å²) >= 11 is 0. The summed E-state index contributed by atoms with van der Waals surface area (Å²) in [5.74, 6) is 0.371. The van der Waals surface area contributed by atoms with Gasteiger partial charge in [-0.25, -0.2) is 4.39 Å². The van der Waals surface area contributed by atoms with E-state index < -0.39 is 5.82 Å². The quantitative estimate of drug-likeness (QED) is 0.877. The molecule has 0 heterocycles. The average molecular weight is 262 g/mol. The molecule has 102 valence electrons. The smallest absolute Gasteiger partial charge is 0.124 e. The number of aliphatic hydroxyl groups is 1. The molecule has 0 aliphatic heterocycles. The molecule has 0 amide bonds. The second-order valence-corrected chi connectivity index (χ2v) is 5.17. The maximum Gasteiger partial charge on any atom is 0.124 e. The van der Waals surface area contributed by atoms with Crippen LogP contribution in [0.4, 0.5) is 10.1 Å². The van der Waals surface area contributed by atoms with E-state index in [-0.39, 0.29) is 6.61 Å². The van der Waals surface area contributed by atoms with Crippen LogP contribution in [0, 0.1) is 29.0 Å². The molecule has 4 heteroatoms. The summed E-state index contributed by atoms with van der Waals surface area (Å²) in [6.45, 7) is 0.951. The number of benzene rings is 1. The Hall–Kier alpha value is -1.60. The summed E-state index contributed by atoms with van der Waals surface area (Å²) in [5, 5.41) is 21.6. The van der Waals surface area contributed by atoms with Gasteiger partial charge in [0.25, 0.3) is 0 Å². The van der Waals surface area contributed by atoms with Crippen LogP contribution in [0.3, 0.4) is 0 Å². The zero-order chi connectivity index (χ0) is 13.7. The van der Waals surface area contributed by atoms with Crippen LogP contribution in [0.25, 0.3) is 0 Å². The maximum atomic E-state index is 13.0. The van der Waals surface area contributed by atoms with Crippen molar-refractivity contribution < 1.29 is 9.50 Å². The number of anilines is 1. The number of aliphatic hydroxyl groups excluding tert-OH is 1. The van der Waals surface area contributed by atoms with E-state index >= 15 is 0 Å². The number of nitrogens with one attached hydrogen (secondary N) is 1. The molecule has 1 fully saturated rings. The van der Waals surface area contributed by atoms with E-state index in [1.54, 1.807) is 6.07 Å². The molecule has 2 N–H and O–H groups in total. The van der Waals surface area contributed by atoms with Gasteiger partial charge in [-0.3, -0.25) is 0 Å². The average Bonchev–Trinajstić information content (AvgIpc) is 2.46. The predicted molar refractivity (Wildman–Crippen MR) is 72.1 cm³/mol. The van der Waals surface area contributed by atoms with Crippen molar-refractivity contribution in [2.24, 2.45) is 11.8 Å². The van der Waals surface area contributed by atoms with E-state index in [2.05, 4.69) is 5.32 Å². The molecule has 0 aromatic heterocycles. The Morgan fingerprint density at radius 3 is 2.74 bits per heavy atom. The van der Waals surface area contributed by atoms with Crippen molar-refractivity contribution in [2.75, 3.05) is 18.5 Å². The minimum absolute atomic E-state index is 0.223. The van der Waals surface area contributed by atoms with Crippen molar-refractivity contribution in [3.63, 3.8) is 0 Å². The molecule has 0 spiro atoms. The Labute approximate surface area is 113 Å². The van der Waals surface area contributed by atoms with E-state index in [1.807, 2.05) is 6.07 Å². The van der Waals surface area contributed by atoms with Crippen molar-refractivity contribution in [1.29, 1.82) is 5.26 Å². The minimum atomic E-state index is -0.395. The molecule has 1 aromatic carbocycles. The summed E-state index contributed by atoms with van der Waals surface area (Å²) in [6, 6.07) is 6.20. The fourth-order valence-electron chi connectivity index (χ4n) is 2.80. The van der Waals surface area contributed by atoms with Gasteiger partial charge in [-0.2, -0.15) is 5.26 Å². The Balaban J connectivity index is 2.00. The molecule has 1 aliphatic carbocycles. The summed E-state index contributed by atoms with van der Waals surface area (Å²) in [6.07, 6.45) is 4.54. The predicted octanol–water partition coefficient (Wildman–Crippen LogP) is 2.91. The summed E-state index contributed by atoms with van der Waals surface area (Å²) < 4.78 is 13.0. The third-order valence-corrected chi connectivity index (χ3v) is 3.96. The fraction of sp³-hybridized carbons (Fsp3) is 0.533. The lowest BCUT2D eigenvalue weighted by Gasteiger charge is -2.30. The van der Waals surface area contributed by atoms with Gasteiger partial charge in [-0.15, -0.1) is 0 Å². The van der Waals surface area contributed by atoms with Gasteiger partial charge in [0.15, 0.2) is 0 Å². The topological polar surface area (TPSA) is 56.0 Å². The van der Waals surface area contributed by atoms with Crippen LogP contribution in [-0.2, 0) is 0 Å². The molecule has 1 aromatic rings. The van der Waals surface area contributed by atoms with Gasteiger partial charge in [0.05, 0.1) is 11.3 Å². The Morgan fingerprint density at radius 1 is 1.32 bits per heavy atom. The van der Waals surface area contributed by atoms with Crippen LogP contribution >= 0.6 is 0 Å². The molecule has 19 heavy (non-hydrogen) atoms. The highest BCUT2D eigenvalue weighted by molar-refractivity contribution is 5.57. The zero-order valence-corrected chi connectivity index (χ0v) is 10.9. The van der Waals surface area contributed by atoms with Gasteiger partial charge in [0, 0.05) is 13.2 Å². The second-order valence-electron chi connectivity index (χ2n) is 5.17. The largest absolute Gasteiger partial charge is 0.396 e. The normalized spacial score (nSPS) is 22.8. The van der Waals surface area contributed by atoms with Crippen molar-refractivity contribution in [2.45, 2.75) is 25.7 Å². The van der Waals surface area contributed by atoms with Gasteiger partial charge < -0.3 is 10.4 Å². The van der Waals surface area contributed by atoms with Gasteiger partial charge in [0.2, 0.25) is 0 Å². The minimum Gasteiger partial charge on any atom is -0.396 e. The highest BCUT2D eigenvalue weighted by Gasteiger charge is 2.24. The SMILES string of the molecule is N#Cc1cc(F)ccc1NCC1CCCCC1CO. The van der Waals surface area contributed by atoms with Crippen molar-refractivity contribution >= 4 is 5.69 Å². The fourth-order valence-corrected chi connectivity index (χ4v) is 2.80. The first kappa shape index (κ1) is 13.8. The molecule has 0 bridgehead atoms. The molecular formula is C15H19FN2O.